The maximum absolute atomic E-state index is 9.65. The molecular formula is C16H19NO2. The van der Waals surface area contributed by atoms with Gasteiger partial charge in [0.05, 0.1) is 7.11 Å². The van der Waals surface area contributed by atoms with E-state index in [0.29, 0.717) is 12.3 Å². The first-order valence-electron chi connectivity index (χ1n) is 6.27. The molecule has 0 saturated carbocycles. The van der Waals surface area contributed by atoms with E-state index in [-0.39, 0.29) is 0 Å². The van der Waals surface area contributed by atoms with Crippen molar-refractivity contribution in [3.8, 4) is 11.5 Å². The van der Waals surface area contributed by atoms with Gasteiger partial charge in [-0.15, -0.1) is 0 Å². The average molecular weight is 257 g/mol. The number of anilines is 1. The molecule has 0 bridgehead atoms. The minimum Gasteiger partial charge on any atom is -0.508 e. The van der Waals surface area contributed by atoms with Crippen LogP contribution in [0.15, 0.2) is 36.4 Å². The summed E-state index contributed by atoms with van der Waals surface area (Å²) in [7, 11) is 1.68. The maximum Gasteiger partial charge on any atom is 0.121 e. The van der Waals surface area contributed by atoms with Crippen LogP contribution in [0.3, 0.4) is 0 Å². The van der Waals surface area contributed by atoms with E-state index >= 15 is 0 Å². The van der Waals surface area contributed by atoms with E-state index in [4.69, 9.17) is 4.74 Å². The van der Waals surface area contributed by atoms with Gasteiger partial charge in [0, 0.05) is 18.3 Å². The first-order chi connectivity index (χ1) is 9.10. The molecule has 100 valence electrons. The zero-order valence-corrected chi connectivity index (χ0v) is 11.5. The van der Waals surface area contributed by atoms with Gasteiger partial charge in [0.15, 0.2) is 0 Å². The van der Waals surface area contributed by atoms with E-state index < -0.39 is 0 Å². The molecule has 0 aromatic heterocycles. The zero-order valence-electron chi connectivity index (χ0n) is 11.5. The van der Waals surface area contributed by atoms with Gasteiger partial charge in [-0.25, -0.2) is 0 Å². The Morgan fingerprint density at radius 3 is 2.47 bits per heavy atom. The summed E-state index contributed by atoms with van der Waals surface area (Å²) in [6.45, 7) is 4.62. The topological polar surface area (TPSA) is 41.5 Å². The molecule has 3 nitrogen and oxygen atoms in total. The van der Waals surface area contributed by atoms with Gasteiger partial charge < -0.3 is 15.2 Å². The molecule has 2 aromatic carbocycles. The first-order valence-corrected chi connectivity index (χ1v) is 6.27. The lowest BCUT2D eigenvalue weighted by Gasteiger charge is -2.10. The van der Waals surface area contributed by atoms with E-state index in [9.17, 15) is 5.11 Å². The molecule has 3 heteroatoms. The van der Waals surface area contributed by atoms with E-state index in [2.05, 4.69) is 11.4 Å². The molecule has 0 heterocycles. The van der Waals surface area contributed by atoms with Crippen molar-refractivity contribution >= 4 is 5.69 Å². The highest BCUT2D eigenvalue weighted by atomic mass is 16.5. The standard InChI is InChI=1S/C16H19NO2/c1-11-4-6-14(9-15(11)18)17-10-13-5-7-16(19-3)12(2)8-13/h4-9,17-18H,10H2,1-3H3. The summed E-state index contributed by atoms with van der Waals surface area (Å²) in [6.07, 6.45) is 0. The maximum atomic E-state index is 9.65. The van der Waals surface area contributed by atoms with Crippen LogP contribution in [0.2, 0.25) is 0 Å². The Labute approximate surface area is 113 Å². The number of benzene rings is 2. The van der Waals surface area contributed by atoms with Crippen molar-refractivity contribution in [1.29, 1.82) is 0 Å². The fraction of sp³-hybridized carbons (Fsp3) is 0.250. The number of aromatic hydroxyl groups is 1. The molecule has 0 radical (unpaired) electrons. The highest BCUT2D eigenvalue weighted by Crippen LogP contribution is 2.22. The fourth-order valence-electron chi connectivity index (χ4n) is 1.97. The number of phenols is 1. The first kappa shape index (κ1) is 13.3. The smallest absolute Gasteiger partial charge is 0.121 e. The number of phenolic OH excluding ortho intramolecular Hbond substituents is 1. The summed E-state index contributed by atoms with van der Waals surface area (Å²) < 4.78 is 5.24. The van der Waals surface area contributed by atoms with Gasteiger partial charge in [-0.05, 0) is 42.7 Å². The number of methoxy groups -OCH3 is 1. The third-order valence-electron chi connectivity index (χ3n) is 3.17. The SMILES string of the molecule is COc1ccc(CNc2ccc(C)c(O)c2)cc1C. The Morgan fingerprint density at radius 2 is 1.84 bits per heavy atom. The summed E-state index contributed by atoms with van der Waals surface area (Å²) in [5.74, 6) is 1.22. The molecule has 0 spiro atoms. The van der Waals surface area contributed by atoms with Gasteiger partial charge in [-0.3, -0.25) is 0 Å². The Morgan fingerprint density at radius 1 is 1.05 bits per heavy atom. The highest BCUT2D eigenvalue weighted by Gasteiger charge is 2.01. The van der Waals surface area contributed by atoms with Crippen LogP contribution in [0, 0.1) is 13.8 Å². The third-order valence-corrected chi connectivity index (χ3v) is 3.17. The summed E-state index contributed by atoms with van der Waals surface area (Å²) in [4.78, 5) is 0. The van der Waals surface area contributed by atoms with Crippen LogP contribution in [-0.2, 0) is 6.54 Å². The predicted octanol–water partition coefficient (Wildman–Crippen LogP) is 3.63. The zero-order chi connectivity index (χ0) is 13.8. The highest BCUT2D eigenvalue weighted by molar-refractivity contribution is 5.51. The molecule has 0 unspecified atom stereocenters. The van der Waals surface area contributed by atoms with E-state index in [1.807, 2.05) is 38.1 Å². The van der Waals surface area contributed by atoms with Crippen LogP contribution in [0.1, 0.15) is 16.7 Å². The van der Waals surface area contributed by atoms with E-state index in [0.717, 1.165) is 22.6 Å². The van der Waals surface area contributed by atoms with Gasteiger partial charge in [-0.1, -0.05) is 18.2 Å². The van der Waals surface area contributed by atoms with Crippen LogP contribution < -0.4 is 10.1 Å². The lowest BCUT2D eigenvalue weighted by atomic mass is 10.1. The fourth-order valence-corrected chi connectivity index (χ4v) is 1.97. The average Bonchev–Trinajstić information content (AvgIpc) is 2.40. The second kappa shape index (κ2) is 5.65. The molecule has 0 fully saturated rings. The van der Waals surface area contributed by atoms with Crippen molar-refractivity contribution in [2.45, 2.75) is 20.4 Å². The van der Waals surface area contributed by atoms with Crippen molar-refractivity contribution in [2.24, 2.45) is 0 Å². The quantitative estimate of drug-likeness (QED) is 0.878. The van der Waals surface area contributed by atoms with Crippen LogP contribution in [0.25, 0.3) is 0 Å². The molecule has 2 rings (SSSR count). The van der Waals surface area contributed by atoms with Crippen LogP contribution in [0.5, 0.6) is 11.5 Å². The van der Waals surface area contributed by atoms with Gasteiger partial charge >= 0.3 is 0 Å². The summed E-state index contributed by atoms with van der Waals surface area (Å²) >= 11 is 0. The third kappa shape index (κ3) is 3.19. The summed E-state index contributed by atoms with van der Waals surface area (Å²) in [6, 6.07) is 11.7. The Kier molecular flexibility index (Phi) is 3.95. The van der Waals surface area contributed by atoms with Crippen molar-refractivity contribution < 1.29 is 9.84 Å². The molecule has 2 aromatic rings. The molecular weight excluding hydrogens is 238 g/mol. The number of hydrogen-bond donors (Lipinski definition) is 2. The monoisotopic (exact) mass is 257 g/mol. The number of rotatable bonds is 4. The number of hydrogen-bond acceptors (Lipinski definition) is 3. The largest absolute Gasteiger partial charge is 0.508 e. The Balaban J connectivity index is 2.05. The lowest BCUT2D eigenvalue weighted by molar-refractivity contribution is 0.411. The Bertz CT molecular complexity index is 579. The van der Waals surface area contributed by atoms with Crippen molar-refractivity contribution in [2.75, 3.05) is 12.4 Å². The normalized spacial score (nSPS) is 10.3. The van der Waals surface area contributed by atoms with Crippen LogP contribution >= 0.6 is 0 Å². The van der Waals surface area contributed by atoms with Crippen molar-refractivity contribution in [1.82, 2.24) is 0 Å². The van der Waals surface area contributed by atoms with E-state index in [1.54, 1.807) is 13.2 Å². The van der Waals surface area contributed by atoms with Crippen molar-refractivity contribution in [3.05, 3.63) is 53.1 Å². The summed E-state index contributed by atoms with van der Waals surface area (Å²) in [5, 5.41) is 12.9. The second-order valence-corrected chi connectivity index (χ2v) is 4.66. The number of ether oxygens (including phenoxy) is 1. The molecule has 2 N–H and O–H groups in total. The molecule has 19 heavy (non-hydrogen) atoms. The Hall–Kier alpha value is -2.16. The summed E-state index contributed by atoms with van der Waals surface area (Å²) in [5.41, 5.74) is 4.09. The molecule has 0 aliphatic carbocycles. The number of aryl methyl sites for hydroxylation is 2. The van der Waals surface area contributed by atoms with Gasteiger partial charge in [-0.2, -0.15) is 0 Å². The predicted molar refractivity (Wildman–Crippen MR) is 77.9 cm³/mol. The minimum atomic E-state index is 0.316. The molecule has 0 atom stereocenters. The molecule has 0 aliphatic rings. The van der Waals surface area contributed by atoms with Gasteiger partial charge in [0.1, 0.15) is 11.5 Å². The van der Waals surface area contributed by atoms with Gasteiger partial charge in [0.25, 0.3) is 0 Å². The second-order valence-electron chi connectivity index (χ2n) is 4.66. The van der Waals surface area contributed by atoms with Gasteiger partial charge in [0.2, 0.25) is 0 Å². The molecule has 0 aliphatic heterocycles. The van der Waals surface area contributed by atoms with Crippen LogP contribution in [0.4, 0.5) is 5.69 Å². The lowest BCUT2D eigenvalue weighted by Crippen LogP contribution is -2.00. The van der Waals surface area contributed by atoms with E-state index in [1.165, 1.54) is 5.56 Å². The molecule has 0 amide bonds. The van der Waals surface area contributed by atoms with Crippen LogP contribution in [-0.4, -0.2) is 12.2 Å². The minimum absolute atomic E-state index is 0.316. The number of nitrogens with one attached hydrogen (secondary N) is 1. The van der Waals surface area contributed by atoms with Crippen molar-refractivity contribution in [3.63, 3.8) is 0 Å². The molecule has 0 saturated heterocycles.